The normalized spacial score (nSPS) is 11.6. The van der Waals surface area contributed by atoms with Gasteiger partial charge in [0, 0.05) is 33.0 Å². The lowest BCUT2D eigenvalue weighted by Crippen LogP contribution is -2.00. The molecule has 4 nitrogen and oxygen atoms in total. The zero-order valence-electron chi connectivity index (χ0n) is 33.0. The number of benzene rings is 10. The van der Waals surface area contributed by atoms with Crippen molar-refractivity contribution >= 4 is 54.3 Å². The number of hydrogen-bond acceptors (Lipinski definition) is 4. The van der Waals surface area contributed by atoms with Gasteiger partial charge < -0.3 is 4.42 Å². The summed E-state index contributed by atoms with van der Waals surface area (Å²) < 4.78 is 6.95. The van der Waals surface area contributed by atoms with E-state index >= 15 is 0 Å². The zero-order chi connectivity index (χ0) is 40.3. The van der Waals surface area contributed by atoms with Crippen LogP contribution in [0.5, 0.6) is 0 Å². The van der Waals surface area contributed by atoms with Gasteiger partial charge in [-0.25, -0.2) is 15.0 Å². The molecule has 2 heterocycles. The molecule has 4 heteroatoms. The van der Waals surface area contributed by atoms with Crippen molar-refractivity contribution in [1.82, 2.24) is 15.0 Å². The second-order valence-electron chi connectivity index (χ2n) is 15.6. The summed E-state index contributed by atoms with van der Waals surface area (Å²) in [7, 11) is 0. The van der Waals surface area contributed by atoms with E-state index in [9.17, 15) is 0 Å². The molecule has 0 aliphatic carbocycles. The van der Waals surface area contributed by atoms with Crippen molar-refractivity contribution in [2.24, 2.45) is 0 Å². The van der Waals surface area contributed by atoms with Crippen LogP contribution < -0.4 is 0 Å². The van der Waals surface area contributed by atoms with E-state index in [0.717, 1.165) is 77.0 Å². The van der Waals surface area contributed by atoms with E-state index in [-0.39, 0.29) is 0 Å². The predicted molar refractivity (Wildman–Crippen MR) is 252 cm³/mol. The summed E-state index contributed by atoms with van der Waals surface area (Å²) in [6.45, 7) is 0. The van der Waals surface area contributed by atoms with E-state index in [2.05, 4.69) is 206 Å². The van der Waals surface area contributed by atoms with Crippen LogP contribution in [0.15, 0.2) is 217 Å². The first-order chi connectivity index (χ1) is 30.2. The Hall–Kier alpha value is -8.21. The molecule has 0 spiro atoms. The Bertz CT molecular complexity index is 3640. The van der Waals surface area contributed by atoms with Crippen LogP contribution in [0.3, 0.4) is 0 Å². The number of furan rings is 1. The lowest BCUT2D eigenvalue weighted by Gasteiger charge is -2.10. The summed E-state index contributed by atoms with van der Waals surface area (Å²) in [5, 5.41) is 9.23. The molecule has 0 saturated carbocycles. The molecular weight excluding hydrogens is 743 g/mol. The largest absolute Gasteiger partial charge is 0.455 e. The number of rotatable bonds is 6. The zero-order valence-corrected chi connectivity index (χ0v) is 33.0. The van der Waals surface area contributed by atoms with Gasteiger partial charge in [-0.15, -0.1) is 0 Å². The molecule has 0 aliphatic heterocycles. The first-order valence-corrected chi connectivity index (χ1v) is 20.6. The summed E-state index contributed by atoms with van der Waals surface area (Å²) in [6.07, 6.45) is 0. The molecule has 0 fully saturated rings. The molecule has 0 aliphatic rings. The molecule has 10 aromatic carbocycles. The second kappa shape index (κ2) is 14.3. The molecule has 0 radical (unpaired) electrons. The van der Waals surface area contributed by atoms with Crippen LogP contribution in [0.4, 0.5) is 0 Å². The fraction of sp³-hybridized carbons (Fsp3) is 0. The second-order valence-corrected chi connectivity index (χ2v) is 15.6. The molecule has 0 N–H and O–H groups in total. The highest BCUT2D eigenvalue weighted by Gasteiger charge is 2.19. The van der Waals surface area contributed by atoms with Crippen LogP contribution >= 0.6 is 0 Å². The third-order valence-electron chi connectivity index (χ3n) is 11.9. The number of fused-ring (bicyclic) bond motifs is 7. The molecule has 2 aromatic heterocycles. The first kappa shape index (κ1) is 34.8. The molecule has 12 rings (SSSR count). The van der Waals surface area contributed by atoms with Crippen LogP contribution in [0, 0.1) is 0 Å². The van der Waals surface area contributed by atoms with Gasteiger partial charge in [-0.3, -0.25) is 0 Å². The maximum Gasteiger partial charge on any atom is 0.164 e. The molecule has 0 saturated heterocycles. The van der Waals surface area contributed by atoms with Crippen molar-refractivity contribution < 1.29 is 4.42 Å². The number of aromatic nitrogens is 3. The van der Waals surface area contributed by atoms with Gasteiger partial charge in [0.1, 0.15) is 11.2 Å². The van der Waals surface area contributed by atoms with Crippen LogP contribution in [-0.4, -0.2) is 15.0 Å². The van der Waals surface area contributed by atoms with Crippen molar-refractivity contribution in [3.8, 4) is 67.5 Å². The Morgan fingerprint density at radius 3 is 1.61 bits per heavy atom. The highest BCUT2D eigenvalue weighted by Crippen LogP contribution is 2.43. The molecular formula is C57H35N3O. The van der Waals surface area contributed by atoms with Crippen LogP contribution in [0.25, 0.3) is 122 Å². The summed E-state index contributed by atoms with van der Waals surface area (Å²) in [5.41, 5.74) is 11.1. The van der Waals surface area contributed by atoms with Crippen molar-refractivity contribution in [3.05, 3.63) is 212 Å². The minimum absolute atomic E-state index is 0.578. The van der Waals surface area contributed by atoms with E-state index in [0.29, 0.717) is 17.5 Å². The summed E-state index contributed by atoms with van der Waals surface area (Å²) in [4.78, 5) is 15.4. The highest BCUT2D eigenvalue weighted by atomic mass is 16.3. The van der Waals surface area contributed by atoms with Gasteiger partial charge in [0.2, 0.25) is 0 Å². The van der Waals surface area contributed by atoms with Gasteiger partial charge >= 0.3 is 0 Å². The maximum absolute atomic E-state index is 6.95. The lowest BCUT2D eigenvalue weighted by molar-refractivity contribution is 0.670. The molecule has 61 heavy (non-hydrogen) atoms. The standard InChI is InChI=1S/C57H35N3O/c1-2-12-36(13-3-1)42-19-10-20-44(32-42)55-58-56(45-29-24-37-14-4-5-16-41(37)33-45)60-57(59-55)46-30-31-50-52(35-46)61-54-51(34-43-17-7-9-22-49(43)53(50)54)40-27-25-39(26-28-40)48-23-11-18-38-15-6-8-21-47(38)48/h1-35H. The number of hydrogen-bond donors (Lipinski definition) is 0. The fourth-order valence-corrected chi connectivity index (χ4v) is 8.85. The van der Waals surface area contributed by atoms with Crippen LogP contribution in [0.1, 0.15) is 0 Å². The molecule has 12 aromatic rings. The van der Waals surface area contributed by atoms with Crippen molar-refractivity contribution in [3.63, 3.8) is 0 Å². The van der Waals surface area contributed by atoms with Gasteiger partial charge in [0.05, 0.1) is 0 Å². The van der Waals surface area contributed by atoms with Gasteiger partial charge in [-0.05, 0) is 90.5 Å². The third kappa shape index (κ3) is 6.12. The Kier molecular flexibility index (Phi) is 8.13. The van der Waals surface area contributed by atoms with Crippen LogP contribution in [-0.2, 0) is 0 Å². The number of nitrogens with zero attached hydrogens (tertiary/aromatic N) is 3. The average molecular weight is 778 g/mol. The molecule has 0 atom stereocenters. The van der Waals surface area contributed by atoms with Crippen LogP contribution in [0.2, 0.25) is 0 Å². The fourth-order valence-electron chi connectivity index (χ4n) is 8.85. The van der Waals surface area contributed by atoms with Gasteiger partial charge in [0.25, 0.3) is 0 Å². The first-order valence-electron chi connectivity index (χ1n) is 20.6. The third-order valence-corrected chi connectivity index (χ3v) is 11.9. The molecule has 284 valence electrons. The van der Waals surface area contributed by atoms with Crippen molar-refractivity contribution in [2.45, 2.75) is 0 Å². The van der Waals surface area contributed by atoms with E-state index in [1.165, 1.54) is 27.3 Å². The monoisotopic (exact) mass is 777 g/mol. The predicted octanol–water partition coefficient (Wildman–Crippen LogP) is 15.2. The highest BCUT2D eigenvalue weighted by molar-refractivity contribution is 6.22. The summed E-state index contributed by atoms with van der Waals surface area (Å²) >= 11 is 0. The molecule has 0 bridgehead atoms. The van der Waals surface area contributed by atoms with E-state index in [1.54, 1.807) is 0 Å². The maximum atomic E-state index is 6.95. The lowest BCUT2D eigenvalue weighted by atomic mass is 9.94. The topological polar surface area (TPSA) is 51.8 Å². The minimum atomic E-state index is 0.578. The Labute approximate surface area is 352 Å². The van der Waals surface area contributed by atoms with Gasteiger partial charge in [-0.1, -0.05) is 182 Å². The van der Waals surface area contributed by atoms with Gasteiger partial charge in [0.15, 0.2) is 17.5 Å². The average Bonchev–Trinajstić information content (AvgIpc) is 3.73. The van der Waals surface area contributed by atoms with Gasteiger partial charge in [-0.2, -0.15) is 0 Å². The SMILES string of the molecule is c1ccc(-c2cccc(-c3nc(-c4ccc5ccccc5c4)nc(-c4ccc5c(c4)oc4c(-c6ccc(-c7cccc8ccccc78)cc6)cc6ccccc6c45)n3)c2)cc1. The summed E-state index contributed by atoms with van der Waals surface area (Å²) in [5.74, 6) is 1.80. The van der Waals surface area contributed by atoms with Crippen molar-refractivity contribution in [2.75, 3.05) is 0 Å². The van der Waals surface area contributed by atoms with E-state index in [1.807, 2.05) is 6.07 Å². The molecule has 0 unspecified atom stereocenters. The minimum Gasteiger partial charge on any atom is -0.455 e. The Morgan fingerprint density at radius 2 is 0.820 bits per heavy atom. The molecule has 0 amide bonds. The van der Waals surface area contributed by atoms with E-state index in [4.69, 9.17) is 19.4 Å². The smallest absolute Gasteiger partial charge is 0.164 e. The quantitative estimate of drug-likeness (QED) is 0.169. The Morgan fingerprint density at radius 1 is 0.279 bits per heavy atom. The van der Waals surface area contributed by atoms with E-state index < -0.39 is 0 Å². The summed E-state index contributed by atoms with van der Waals surface area (Å²) in [6, 6.07) is 74.7. The van der Waals surface area contributed by atoms with Crippen molar-refractivity contribution in [1.29, 1.82) is 0 Å². The Balaban J connectivity index is 1.01.